The average molecular weight is 328 g/mol. The average Bonchev–Trinajstić information content (AvgIpc) is 2.78. The minimum Gasteiger partial charge on any atom is -0.495 e. The molecule has 2 N–H and O–H groups in total. The molecule has 0 saturated carbocycles. The number of hydrazine groups is 1. The van der Waals surface area contributed by atoms with Crippen LogP contribution in [-0.4, -0.2) is 43.6 Å². The molecule has 0 bridgehead atoms. The van der Waals surface area contributed by atoms with Gasteiger partial charge in [0.25, 0.3) is 0 Å². The summed E-state index contributed by atoms with van der Waals surface area (Å²) < 4.78 is 10.3. The van der Waals surface area contributed by atoms with Crippen LogP contribution in [0.3, 0.4) is 0 Å². The van der Waals surface area contributed by atoms with Gasteiger partial charge in [-0.05, 0) is 6.92 Å². The zero-order valence-corrected chi connectivity index (χ0v) is 13.4. The summed E-state index contributed by atoms with van der Waals surface area (Å²) in [5.41, 5.74) is 3.09. The van der Waals surface area contributed by atoms with Gasteiger partial charge in [-0.3, -0.25) is 15.0 Å². The highest BCUT2D eigenvalue weighted by Crippen LogP contribution is 2.35. The Balaban J connectivity index is 2.09. The lowest BCUT2D eigenvalue weighted by Gasteiger charge is -2.20. The Kier molecular flexibility index (Phi) is 5.10. The van der Waals surface area contributed by atoms with Crippen LogP contribution in [0.2, 0.25) is 5.02 Å². The molecule has 1 aliphatic heterocycles. The van der Waals surface area contributed by atoms with Crippen molar-refractivity contribution in [3.8, 4) is 11.5 Å². The van der Waals surface area contributed by atoms with Crippen molar-refractivity contribution in [2.45, 2.75) is 19.4 Å². The minimum atomic E-state index is -0.281. The van der Waals surface area contributed by atoms with Crippen LogP contribution < -0.4 is 20.2 Å². The molecule has 1 aliphatic rings. The Morgan fingerprint density at radius 1 is 1.41 bits per heavy atom. The Hall–Kier alpha value is -1.99. The lowest BCUT2D eigenvalue weighted by Crippen LogP contribution is -2.42. The van der Waals surface area contributed by atoms with Crippen LogP contribution in [0.15, 0.2) is 12.1 Å². The second-order valence-corrected chi connectivity index (χ2v) is 5.36. The molecule has 0 aromatic heterocycles. The van der Waals surface area contributed by atoms with E-state index in [2.05, 4.69) is 10.7 Å². The molecule has 1 aromatic carbocycles. The molecule has 22 heavy (non-hydrogen) atoms. The molecular weight excluding hydrogens is 310 g/mol. The highest BCUT2D eigenvalue weighted by Gasteiger charge is 2.28. The Morgan fingerprint density at radius 2 is 2.09 bits per heavy atom. The Morgan fingerprint density at radius 3 is 2.64 bits per heavy atom. The van der Waals surface area contributed by atoms with Crippen molar-refractivity contribution >= 4 is 29.1 Å². The molecule has 1 atom stereocenters. The maximum atomic E-state index is 12.1. The number of hydrogen-bond acceptors (Lipinski definition) is 5. The van der Waals surface area contributed by atoms with Crippen molar-refractivity contribution < 1.29 is 19.1 Å². The predicted octanol–water partition coefficient (Wildman–Crippen LogP) is 1.42. The summed E-state index contributed by atoms with van der Waals surface area (Å²) in [5.74, 6) is 0.487. The molecule has 1 saturated heterocycles. The quantitative estimate of drug-likeness (QED) is 0.855. The minimum absolute atomic E-state index is 0.0279. The number of ether oxygens (including phenoxy) is 2. The lowest BCUT2D eigenvalue weighted by atomic mass is 10.2. The number of hydrogen-bond donors (Lipinski definition) is 2. The first kappa shape index (κ1) is 16.4. The van der Waals surface area contributed by atoms with Gasteiger partial charge in [0.1, 0.15) is 11.5 Å². The molecular formula is C14H18ClN3O4. The number of nitrogens with zero attached hydrogens (tertiary/aromatic N) is 1. The predicted molar refractivity (Wildman–Crippen MR) is 82.1 cm³/mol. The van der Waals surface area contributed by atoms with Gasteiger partial charge >= 0.3 is 0 Å². The van der Waals surface area contributed by atoms with Gasteiger partial charge < -0.3 is 14.8 Å². The van der Waals surface area contributed by atoms with Gasteiger partial charge in [0.15, 0.2) is 0 Å². The van der Waals surface area contributed by atoms with E-state index in [-0.39, 0.29) is 24.4 Å². The standard InChI is InChI=1S/C14H18ClN3O4/c1-8-4-13(19)17-18(8)7-14(20)16-10-6-11(21-2)9(15)5-12(10)22-3/h5-6,8H,4,7H2,1-3H3,(H,16,20)(H,17,19)/t8-/m1/s1. The summed E-state index contributed by atoms with van der Waals surface area (Å²) in [6.07, 6.45) is 0.380. The summed E-state index contributed by atoms with van der Waals surface area (Å²) in [5, 5.41) is 4.71. The Labute approximate surface area is 133 Å². The van der Waals surface area contributed by atoms with E-state index in [0.29, 0.717) is 28.6 Å². The summed E-state index contributed by atoms with van der Waals surface area (Å²) in [7, 11) is 2.97. The van der Waals surface area contributed by atoms with Crippen LogP contribution in [0.5, 0.6) is 11.5 Å². The Bertz CT molecular complexity index is 594. The van der Waals surface area contributed by atoms with Crippen molar-refractivity contribution in [3.05, 3.63) is 17.2 Å². The largest absolute Gasteiger partial charge is 0.495 e. The highest BCUT2D eigenvalue weighted by atomic mass is 35.5. The fraction of sp³-hybridized carbons (Fsp3) is 0.429. The number of halogens is 1. The topological polar surface area (TPSA) is 79.9 Å². The van der Waals surface area contributed by atoms with Crippen molar-refractivity contribution in [1.82, 2.24) is 10.4 Å². The summed E-state index contributed by atoms with van der Waals surface area (Å²) in [4.78, 5) is 23.4. The number of carbonyl (C=O) groups excluding carboxylic acids is 2. The van der Waals surface area contributed by atoms with Gasteiger partial charge in [-0.15, -0.1) is 0 Å². The van der Waals surface area contributed by atoms with Crippen LogP contribution >= 0.6 is 11.6 Å². The number of benzene rings is 1. The summed E-state index contributed by atoms with van der Waals surface area (Å²) in [6.45, 7) is 1.91. The van der Waals surface area contributed by atoms with Crippen LogP contribution in [0.4, 0.5) is 5.69 Å². The first-order valence-corrected chi connectivity index (χ1v) is 7.10. The second-order valence-electron chi connectivity index (χ2n) is 4.95. The van der Waals surface area contributed by atoms with Crippen LogP contribution in [0.25, 0.3) is 0 Å². The molecule has 0 unspecified atom stereocenters. The van der Waals surface area contributed by atoms with Crippen LogP contribution in [-0.2, 0) is 9.59 Å². The molecule has 0 spiro atoms. The van der Waals surface area contributed by atoms with E-state index >= 15 is 0 Å². The summed E-state index contributed by atoms with van der Waals surface area (Å²) >= 11 is 6.02. The lowest BCUT2D eigenvalue weighted by molar-refractivity contribution is -0.122. The zero-order valence-electron chi connectivity index (χ0n) is 12.6. The van der Waals surface area contributed by atoms with E-state index in [0.717, 1.165) is 0 Å². The zero-order chi connectivity index (χ0) is 16.3. The molecule has 1 heterocycles. The molecule has 7 nitrogen and oxygen atoms in total. The second kappa shape index (κ2) is 6.85. The van der Waals surface area contributed by atoms with E-state index in [1.165, 1.54) is 14.2 Å². The summed E-state index contributed by atoms with van der Waals surface area (Å²) in [6, 6.07) is 3.13. The van der Waals surface area contributed by atoms with Gasteiger partial charge in [0, 0.05) is 24.6 Å². The molecule has 2 rings (SSSR count). The third kappa shape index (κ3) is 3.61. The SMILES string of the molecule is COc1cc(NC(=O)CN2NC(=O)C[C@H]2C)c(OC)cc1Cl. The number of methoxy groups -OCH3 is 2. The van der Waals surface area contributed by atoms with Crippen LogP contribution in [0, 0.1) is 0 Å². The first-order chi connectivity index (χ1) is 10.4. The third-order valence-corrected chi connectivity index (χ3v) is 3.64. The van der Waals surface area contributed by atoms with Crippen molar-refractivity contribution in [2.75, 3.05) is 26.1 Å². The van der Waals surface area contributed by atoms with Gasteiger partial charge in [0.2, 0.25) is 11.8 Å². The number of anilines is 1. The highest BCUT2D eigenvalue weighted by molar-refractivity contribution is 6.32. The third-order valence-electron chi connectivity index (χ3n) is 3.34. The van der Waals surface area contributed by atoms with E-state index in [1.807, 2.05) is 6.92 Å². The van der Waals surface area contributed by atoms with Gasteiger partial charge in [-0.25, -0.2) is 5.01 Å². The molecule has 1 fully saturated rings. The number of nitrogens with one attached hydrogen (secondary N) is 2. The molecule has 0 aliphatic carbocycles. The molecule has 8 heteroatoms. The number of rotatable bonds is 5. The maximum Gasteiger partial charge on any atom is 0.240 e. The van der Waals surface area contributed by atoms with E-state index < -0.39 is 0 Å². The van der Waals surface area contributed by atoms with Crippen molar-refractivity contribution in [3.63, 3.8) is 0 Å². The van der Waals surface area contributed by atoms with E-state index in [9.17, 15) is 9.59 Å². The fourth-order valence-corrected chi connectivity index (χ4v) is 2.42. The molecule has 120 valence electrons. The molecule has 1 aromatic rings. The number of amides is 2. The molecule has 0 radical (unpaired) electrons. The fourth-order valence-electron chi connectivity index (χ4n) is 2.19. The van der Waals surface area contributed by atoms with E-state index in [4.69, 9.17) is 21.1 Å². The van der Waals surface area contributed by atoms with Crippen molar-refractivity contribution in [1.29, 1.82) is 0 Å². The monoisotopic (exact) mass is 327 g/mol. The van der Waals surface area contributed by atoms with Gasteiger partial charge in [-0.2, -0.15) is 0 Å². The normalized spacial score (nSPS) is 18.0. The molecule has 2 amide bonds. The van der Waals surface area contributed by atoms with E-state index in [1.54, 1.807) is 17.1 Å². The van der Waals surface area contributed by atoms with Crippen LogP contribution in [0.1, 0.15) is 13.3 Å². The maximum absolute atomic E-state index is 12.1. The number of carbonyl (C=O) groups is 2. The van der Waals surface area contributed by atoms with Gasteiger partial charge in [-0.1, -0.05) is 11.6 Å². The van der Waals surface area contributed by atoms with Crippen molar-refractivity contribution in [2.24, 2.45) is 0 Å². The van der Waals surface area contributed by atoms with Gasteiger partial charge in [0.05, 0.1) is 31.5 Å². The first-order valence-electron chi connectivity index (χ1n) is 6.72. The smallest absolute Gasteiger partial charge is 0.240 e.